The number of hydrogen-bond donors (Lipinski definition) is 0. The van der Waals surface area contributed by atoms with Crippen LogP contribution in [0.15, 0.2) is 41.6 Å². The molecule has 0 aliphatic heterocycles. The minimum Gasteiger partial charge on any atom is -0.412 e. The maximum absolute atomic E-state index is 6.77. The summed E-state index contributed by atoms with van der Waals surface area (Å²) < 4.78 is 13.3. The lowest BCUT2D eigenvalue weighted by Crippen LogP contribution is -2.53. The zero-order valence-electron chi connectivity index (χ0n) is 18.9. The maximum atomic E-state index is 6.77. The van der Waals surface area contributed by atoms with Crippen LogP contribution in [0.3, 0.4) is 0 Å². The quantitative estimate of drug-likeness (QED) is 0.496. The molecule has 1 aromatic carbocycles. The lowest BCUT2D eigenvalue weighted by Gasteiger charge is -2.44. The summed E-state index contributed by atoms with van der Waals surface area (Å²) in [5.74, 6) is 0. The molecule has 0 spiro atoms. The molecular formula is C21H40O2Si3. The van der Waals surface area contributed by atoms with E-state index in [2.05, 4.69) is 109 Å². The Labute approximate surface area is 165 Å². The first-order chi connectivity index (χ1) is 11.6. The van der Waals surface area contributed by atoms with Gasteiger partial charge in [0, 0.05) is 0 Å². The van der Waals surface area contributed by atoms with E-state index in [1.165, 1.54) is 10.8 Å². The number of benzene rings is 1. The topological polar surface area (TPSA) is 18.5 Å². The number of rotatable bonds is 8. The van der Waals surface area contributed by atoms with Crippen molar-refractivity contribution in [1.29, 1.82) is 0 Å². The van der Waals surface area contributed by atoms with E-state index in [0.717, 1.165) is 0 Å². The Balaban J connectivity index is 3.32. The van der Waals surface area contributed by atoms with Gasteiger partial charge < -0.3 is 8.85 Å². The highest BCUT2D eigenvalue weighted by atomic mass is 28.4. The van der Waals surface area contributed by atoms with Gasteiger partial charge in [0.2, 0.25) is 0 Å². The third kappa shape index (κ3) is 6.93. The lowest BCUT2D eigenvalue weighted by atomic mass is 9.93. The van der Waals surface area contributed by atoms with Crippen molar-refractivity contribution in [2.45, 2.75) is 84.9 Å². The molecule has 0 saturated heterocycles. The predicted molar refractivity (Wildman–Crippen MR) is 124 cm³/mol. The van der Waals surface area contributed by atoms with E-state index in [-0.39, 0.29) is 11.7 Å². The minimum atomic E-state index is -1.74. The average molecular weight is 409 g/mol. The van der Waals surface area contributed by atoms with Crippen LogP contribution in [-0.4, -0.2) is 36.4 Å². The van der Waals surface area contributed by atoms with E-state index >= 15 is 0 Å². The van der Waals surface area contributed by atoms with Crippen LogP contribution in [0.1, 0.15) is 20.8 Å². The molecule has 0 aliphatic carbocycles. The molecule has 0 aliphatic rings. The lowest BCUT2D eigenvalue weighted by molar-refractivity contribution is 0.000403. The summed E-state index contributed by atoms with van der Waals surface area (Å²) in [4.78, 5) is 0. The van der Waals surface area contributed by atoms with Crippen molar-refractivity contribution in [3.8, 4) is 0 Å². The first-order valence-corrected chi connectivity index (χ1v) is 19.6. The van der Waals surface area contributed by atoms with Crippen LogP contribution in [-0.2, 0) is 8.85 Å². The monoisotopic (exact) mass is 408 g/mol. The first-order valence-electron chi connectivity index (χ1n) is 9.70. The van der Waals surface area contributed by atoms with Gasteiger partial charge in [-0.15, -0.1) is 0 Å². The van der Waals surface area contributed by atoms with Crippen molar-refractivity contribution >= 4 is 29.9 Å². The Bertz CT molecular complexity index is 612. The summed E-state index contributed by atoms with van der Waals surface area (Å²) >= 11 is 0. The fourth-order valence-corrected chi connectivity index (χ4v) is 8.87. The molecule has 1 rings (SSSR count). The van der Waals surface area contributed by atoms with Crippen molar-refractivity contribution in [2.75, 3.05) is 0 Å². The van der Waals surface area contributed by atoms with Crippen LogP contribution in [0, 0.1) is 0 Å². The SMILES string of the molecule is C/C(=C\[Si](C)(C)c1ccccc1)C(C)(O[Si](C)(C)C)[C@H](C)O[Si](C)(C)C. The Hall–Kier alpha value is -0.469. The predicted octanol–water partition coefficient (Wildman–Crippen LogP) is 5.94. The fraction of sp³-hybridized carbons (Fsp3) is 0.619. The summed E-state index contributed by atoms with van der Waals surface area (Å²) in [7, 11) is -5.10. The van der Waals surface area contributed by atoms with E-state index < -0.39 is 24.7 Å². The molecule has 1 unspecified atom stereocenters. The van der Waals surface area contributed by atoms with Gasteiger partial charge in [-0.05, 0) is 65.6 Å². The second-order valence-corrected chi connectivity index (χ2v) is 23.3. The molecule has 2 atom stereocenters. The Kier molecular flexibility index (Phi) is 7.50. The van der Waals surface area contributed by atoms with Gasteiger partial charge in [0.15, 0.2) is 16.6 Å². The molecule has 2 nitrogen and oxygen atoms in total. The summed E-state index contributed by atoms with van der Waals surface area (Å²) in [5.41, 5.74) is 3.43. The van der Waals surface area contributed by atoms with Gasteiger partial charge >= 0.3 is 0 Å². The number of hydrogen-bond acceptors (Lipinski definition) is 2. The molecule has 0 amide bonds. The minimum absolute atomic E-state index is 0.0396. The van der Waals surface area contributed by atoms with Gasteiger partial charge in [-0.3, -0.25) is 0 Å². The molecule has 5 heteroatoms. The van der Waals surface area contributed by atoms with Gasteiger partial charge in [0.05, 0.1) is 11.7 Å². The van der Waals surface area contributed by atoms with Crippen LogP contribution >= 0.6 is 0 Å². The van der Waals surface area contributed by atoms with Gasteiger partial charge in [-0.2, -0.15) is 0 Å². The summed E-state index contributed by atoms with van der Waals surface area (Å²) in [6, 6.07) is 10.9. The van der Waals surface area contributed by atoms with Crippen LogP contribution in [0.4, 0.5) is 0 Å². The Morgan fingerprint density at radius 1 is 0.923 bits per heavy atom. The Morgan fingerprint density at radius 2 is 1.42 bits per heavy atom. The molecule has 0 heterocycles. The summed E-state index contributed by atoms with van der Waals surface area (Å²) in [5, 5.41) is 1.45. The van der Waals surface area contributed by atoms with E-state index in [4.69, 9.17) is 8.85 Å². The zero-order chi connectivity index (χ0) is 20.4. The van der Waals surface area contributed by atoms with Crippen molar-refractivity contribution in [1.82, 2.24) is 0 Å². The maximum Gasteiger partial charge on any atom is 0.185 e. The van der Waals surface area contributed by atoms with E-state index in [9.17, 15) is 0 Å². The third-order valence-corrected chi connectivity index (χ3v) is 9.78. The van der Waals surface area contributed by atoms with Crippen molar-refractivity contribution in [3.63, 3.8) is 0 Å². The van der Waals surface area contributed by atoms with Crippen LogP contribution in [0.2, 0.25) is 52.4 Å². The van der Waals surface area contributed by atoms with Crippen molar-refractivity contribution in [2.24, 2.45) is 0 Å². The highest BCUT2D eigenvalue weighted by molar-refractivity contribution is 6.94. The van der Waals surface area contributed by atoms with Crippen LogP contribution in [0.5, 0.6) is 0 Å². The molecule has 0 aromatic heterocycles. The highest BCUT2D eigenvalue weighted by Crippen LogP contribution is 2.33. The Morgan fingerprint density at radius 3 is 1.85 bits per heavy atom. The highest BCUT2D eigenvalue weighted by Gasteiger charge is 2.41. The van der Waals surface area contributed by atoms with Gasteiger partial charge in [0.1, 0.15) is 8.07 Å². The standard InChI is InChI=1S/C21H40O2Si3/c1-18(17-26(10,11)20-15-13-12-14-16-20)21(3,23-25(7,8)9)19(2)22-24(4,5)6/h12-17,19H,1-11H3/b18-17+/t19-,21?/m0/s1. The average Bonchev–Trinajstić information content (AvgIpc) is 2.44. The van der Waals surface area contributed by atoms with Crippen molar-refractivity contribution < 1.29 is 8.85 Å². The third-order valence-electron chi connectivity index (χ3n) is 4.70. The molecule has 1 aromatic rings. The second-order valence-electron chi connectivity index (χ2n) is 10.1. The van der Waals surface area contributed by atoms with Gasteiger partial charge in [-0.1, -0.05) is 54.3 Å². The second kappa shape index (κ2) is 8.27. The van der Waals surface area contributed by atoms with Crippen LogP contribution in [0.25, 0.3) is 0 Å². The molecular weight excluding hydrogens is 368 g/mol. The van der Waals surface area contributed by atoms with E-state index in [1.54, 1.807) is 0 Å². The van der Waals surface area contributed by atoms with Crippen molar-refractivity contribution in [3.05, 3.63) is 41.6 Å². The normalized spacial score (nSPS) is 17.7. The summed E-state index contributed by atoms with van der Waals surface area (Å²) in [6.45, 7) is 25.0. The smallest absolute Gasteiger partial charge is 0.185 e. The molecule has 148 valence electrons. The van der Waals surface area contributed by atoms with Crippen LogP contribution < -0.4 is 5.19 Å². The zero-order valence-corrected chi connectivity index (χ0v) is 21.9. The molecule has 0 saturated carbocycles. The van der Waals surface area contributed by atoms with E-state index in [0.29, 0.717) is 0 Å². The molecule has 0 bridgehead atoms. The summed E-state index contributed by atoms with van der Waals surface area (Å²) in [6.07, 6.45) is 0.0396. The largest absolute Gasteiger partial charge is 0.412 e. The molecule has 0 fully saturated rings. The molecule has 0 radical (unpaired) electrons. The van der Waals surface area contributed by atoms with Gasteiger partial charge in [-0.25, -0.2) is 0 Å². The first kappa shape index (κ1) is 23.6. The molecule has 0 N–H and O–H groups in total. The van der Waals surface area contributed by atoms with Gasteiger partial charge in [0.25, 0.3) is 0 Å². The van der Waals surface area contributed by atoms with E-state index in [1.807, 2.05) is 0 Å². The molecule has 26 heavy (non-hydrogen) atoms. The fourth-order valence-electron chi connectivity index (χ4n) is 3.40.